The van der Waals surface area contributed by atoms with Crippen LogP contribution in [-0.4, -0.2) is 32.2 Å². The monoisotopic (exact) mass is 367 g/mol. The number of hydrogen-bond acceptors (Lipinski definition) is 6. The van der Waals surface area contributed by atoms with Crippen LogP contribution in [-0.2, 0) is 4.74 Å². The number of para-hydroxylation sites is 2. The SMILES string of the molecule is CC(C)(C)OC(=O)n1nc(C(=O)c2ccccc2[N+](=O)[O-])c2ccccc21. The van der Waals surface area contributed by atoms with Crippen LogP contribution in [0, 0.1) is 10.1 Å². The summed E-state index contributed by atoms with van der Waals surface area (Å²) in [5.41, 5.74) is -0.827. The summed E-state index contributed by atoms with van der Waals surface area (Å²) >= 11 is 0. The molecule has 1 heterocycles. The van der Waals surface area contributed by atoms with Crippen molar-refractivity contribution < 1.29 is 19.2 Å². The Bertz CT molecular complexity index is 1060. The van der Waals surface area contributed by atoms with Crippen molar-refractivity contribution in [1.82, 2.24) is 9.78 Å². The molecule has 0 aliphatic heterocycles. The molecule has 138 valence electrons. The number of carbonyl (C=O) groups excluding carboxylic acids is 2. The van der Waals surface area contributed by atoms with Gasteiger partial charge in [0.05, 0.1) is 10.4 Å². The highest BCUT2D eigenvalue weighted by molar-refractivity contribution is 6.17. The fourth-order valence-corrected chi connectivity index (χ4v) is 2.63. The molecule has 3 aromatic rings. The number of aromatic nitrogens is 2. The Morgan fingerprint density at radius 3 is 2.37 bits per heavy atom. The summed E-state index contributed by atoms with van der Waals surface area (Å²) in [6.45, 7) is 5.15. The Labute approximate surface area is 154 Å². The Kier molecular flexibility index (Phi) is 4.49. The minimum Gasteiger partial charge on any atom is -0.442 e. The largest absolute Gasteiger partial charge is 0.442 e. The molecule has 0 N–H and O–H groups in total. The van der Waals surface area contributed by atoms with Crippen molar-refractivity contribution in [2.45, 2.75) is 26.4 Å². The molecule has 0 radical (unpaired) electrons. The molecule has 1 aromatic heterocycles. The second-order valence-electron chi connectivity index (χ2n) is 6.86. The molecule has 0 unspecified atom stereocenters. The molecule has 0 aliphatic rings. The number of ether oxygens (including phenoxy) is 1. The van der Waals surface area contributed by atoms with Crippen LogP contribution < -0.4 is 0 Å². The van der Waals surface area contributed by atoms with E-state index in [2.05, 4.69) is 5.10 Å². The first-order valence-corrected chi connectivity index (χ1v) is 8.18. The van der Waals surface area contributed by atoms with E-state index in [1.807, 2.05) is 0 Å². The van der Waals surface area contributed by atoms with E-state index in [1.54, 1.807) is 45.0 Å². The molecule has 0 saturated heterocycles. The topological polar surface area (TPSA) is 104 Å². The number of nitro benzene ring substituents is 1. The van der Waals surface area contributed by atoms with E-state index in [9.17, 15) is 19.7 Å². The van der Waals surface area contributed by atoms with Gasteiger partial charge >= 0.3 is 6.09 Å². The number of nitrogens with zero attached hydrogens (tertiary/aromatic N) is 3. The first-order chi connectivity index (χ1) is 12.7. The summed E-state index contributed by atoms with van der Waals surface area (Å²) in [5.74, 6) is -0.638. The lowest BCUT2D eigenvalue weighted by Gasteiger charge is -2.19. The second kappa shape index (κ2) is 6.64. The van der Waals surface area contributed by atoms with Crippen molar-refractivity contribution >= 4 is 28.5 Å². The maximum Gasteiger partial charge on any atom is 0.435 e. The van der Waals surface area contributed by atoms with Gasteiger partial charge in [-0.2, -0.15) is 9.78 Å². The lowest BCUT2D eigenvalue weighted by molar-refractivity contribution is -0.385. The van der Waals surface area contributed by atoms with Crippen LogP contribution in [0.4, 0.5) is 10.5 Å². The summed E-state index contributed by atoms with van der Waals surface area (Å²) < 4.78 is 6.34. The number of ketones is 1. The van der Waals surface area contributed by atoms with Gasteiger partial charge in [0, 0.05) is 11.5 Å². The Morgan fingerprint density at radius 1 is 1.07 bits per heavy atom. The maximum absolute atomic E-state index is 13.0. The lowest BCUT2D eigenvalue weighted by atomic mass is 10.0. The predicted molar refractivity (Wildman–Crippen MR) is 97.9 cm³/mol. The number of hydrogen-bond donors (Lipinski definition) is 0. The third kappa shape index (κ3) is 3.55. The van der Waals surface area contributed by atoms with Gasteiger partial charge in [0.2, 0.25) is 5.78 Å². The molecule has 0 bridgehead atoms. The zero-order valence-electron chi connectivity index (χ0n) is 15.0. The molecule has 27 heavy (non-hydrogen) atoms. The van der Waals surface area contributed by atoms with Crippen LogP contribution in [0.2, 0.25) is 0 Å². The molecule has 0 atom stereocenters. The maximum atomic E-state index is 13.0. The van der Waals surface area contributed by atoms with E-state index in [0.29, 0.717) is 10.9 Å². The molecular formula is C19H17N3O5. The molecule has 0 amide bonds. The second-order valence-corrected chi connectivity index (χ2v) is 6.86. The molecular weight excluding hydrogens is 350 g/mol. The van der Waals surface area contributed by atoms with Crippen LogP contribution in [0.25, 0.3) is 10.9 Å². The Balaban J connectivity index is 2.15. The molecule has 8 nitrogen and oxygen atoms in total. The summed E-state index contributed by atoms with van der Waals surface area (Å²) in [6.07, 6.45) is -0.736. The number of benzene rings is 2. The van der Waals surface area contributed by atoms with E-state index < -0.39 is 22.4 Å². The summed E-state index contributed by atoms with van der Waals surface area (Å²) in [6, 6.07) is 12.3. The van der Waals surface area contributed by atoms with Gasteiger partial charge in [0.15, 0.2) is 0 Å². The van der Waals surface area contributed by atoms with Crippen molar-refractivity contribution in [3.63, 3.8) is 0 Å². The van der Waals surface area contributed by atoms with Crippen molar-refractivity contribution in [1.29, 1.82) is 0 Å². The van der Waals surface area contributed by atoms with Gasteiger partial charge in [0.25, 0.3) is 5.69 Å². The standard InChI is InChI=1S/C19H17N3O5/c1-19(2,3)27-18(24)21-14-10-6-4-8-12(14)16(20-21)17(23)13-9-5-7-11-15(13)22(25)26/h4-11H,1-3H3. The third-order valence-electron chi connectivity index (χ3n) is 3.71. The van der Waals surface area contributed by atoms with Gasteiger partial charge < -0.3 is 4.74 Å². The number of fused-ring (bicyclic) bond motifs is 1. The van der Waals surface area contributed by atoms with E-state index in [0.717, 1.165) is 4.68 Å². The fraction of sp³-hybridized carbons (Fsp3) is 0.211. The zero-order chi connectivity index (χ0) is 19.8. The average molecular weight is 367 g/mol. The van der Waals surface area contributed by atoms with Crippen molar-refractivity contribution in [2.75, 3.05) is 0 Å². The smallest absolute Gasteiger partial charge is 0.435 e. The number of carbonyl (C=O) groups is 2. The third-order valence-corrected chi connectivity index (χ3v) is 3.71. The first kappa shape index (κ1) is 18.2. The summed E-state index contributed by atoms with van der Waals surface area (Å²) in [4.78, 5) is 36.1. The lowest BCUT2D eigenvalue weighted by Crippen LogP contribution is -2.27. The highest BCUT2D eigenvalue weighted by Gasteiger charge is 2.28. The molecule has 8 heteroatoms. The van der Waals surface area contributed by atoms with Gasteiger partial charge in [-0.15, -0.1) is 0 Å². The Hall–Kier alpha value is -3.55. The van der Waals surface area contributed by atoms with Crippen LogP contribution >= 0.6 is 0 Å². The van der Waals surface area contributed by atoms with Crippen LogP contribution in [0.3, 0.4) is 0 Å². The van der Waals surface area contributed by atoms with Crippen LogP contribution in [0.15, 0.2) is 48.5 Å². The summed E-state index contributed by atoms with van der Waals surface area (Å²) in [5, 5.41) is 15.8. The highest BCUT2D eigenvalue weighted by Crippen LogP contribution is 2.26. The minimum absolute atomic E-state index is 0.0502. The van der Waals surface area contributed by atoms with E-state index in [4.69, 9.17) is 4.74 Å². The minimum atomic E-state index is -0.744. The Morgan fingerprint density at radius 2 is 1.70 bits per heavy atom. The van der Waals surface area contributed by atoms with Crippen molar-refractivity contribution in [3.05, 3.63) is 69.9 Å². The number of nitro groups is 1. The van der Waals surface area contributed by atoms with Crippen LogP contribution in [0.5, 0.6) is 0 Å². The van der Waals surface area contributed by atoms with Gasteiger partial charge in [-0.05, 0) is 32.9 Å². The van der Waals surface area contributed by atoms with Gasteiger partial charge in [0.1, 0.15) is 16.9 Å². The molecule has 2 aromatic carbocycles. The zero-order valence-corrected chi connectivity index (χ0v) is 15.0. The van der Waals surface area contributed by atoms with Gasteiger partial charge in [-0.3, -0.25) is 14.9 Å². The average Bonchev–Trinajstić information content (AvgIpc) is 2.99. The van der Waals surface area contributed by atoms with Crippen molar-refractivity contribution in [3.8, 4) is 0 Å². The van der Waals surface area contributed by atoms with E-state index in [1.165, 1.54) is 24.3 Å². The van der Waals surface area contributed by atoms with Crippen molar-refractivity contribution in [2.24, 2.45) is 0 Å². The van der Waals surface area contributed by atoms with E-state index in [-0.39, 0.29) is 16.9 Å². The quantitative estimate of drug-likeness (QED) is 0.394. The first-order valence-electron chi connectivity index (χ1n) is 8.18. The van der Waals surface area contributed by atoms with Gasteiger partial charge in [-0.25, -0.2) is 4.79 Å². The van der Waals surface area contributed by atoms with Crippen LogP contribution in [0.1, 0.15) is 36.8 Å². The molecule has 0 spiro atoms. The summed E-state index contributed by atoms with van der Waals surface area (Å²) in [7, 11) is 0. The van der Waals surface area contributed by atoms with Gasteiger partial charge in [-0.1, -0.05) is 30.3 Å². The fourth-order valence-electron chi connectivity index (χ4n) is 2.63. The predicted octanol–water partition coefficient (Wildman–Crippen LogP) is 3.96. The molecule has 3 rings (SSSR count). The van der Waals surface area contributed by atoms with E-state index >= 15 is 0 Å². The number of rotatable bonds is 3. The normalized spacial score (nSPS) is 11.4. The molecule has 0 aliphatic carbocycles. The highest BCUT2D eigenvalue weighted by atomic mass is 16.6. The molecule has 0 fully saturated rings. The molecule has 0 saturated carbocycles.